The first kappa shape index (κ1) is 14.1. The molecule has 0 atom stereocenters. The quantitative estimate of drug-likeness (QED) is 0.869. The highest BCUT2D eigenvalue weighted by atomic mass is 15.2. The van der Waals surface area contributed by atoms with E-state index in [-0.39, 0.29) is 5.54 Å². The lowest BCUT2D eigenvalue weighted by atomic mass is 10.1. The fourth-order valence-electron chi connectivity index (χ4n) is 2.30. The highest BCUT2D eigenvalue weighted by molar-refractivity contribution is 5.50. The van der Waals surface area contributed by atoms with E-state index in [1.165, 1.54) is 19.3 Å². The van der Waals surface area contributed by atoms with E-state index in [2.05, 4.69) is 34.0 Å². The molecule has 1 aliphatic rings. The van der Waals surface area contributed by atoms with Gasteiger partial charge in [0.1, 0.15) is 17.5 Å². The van der Waals surface area contributed by atoms with Gasteiger partial charge in [-0.2, -0.15) is 0 Å². The number of nitrogens with two attached hydrogens (primary N) is 1. The van der Waals surface area contributed by atoms with E-state index in [4.69, 9.17) is 5.73 Å². The minimum atomic E-state index is -0.153. The number of hydrogen-bond donors (Lipinski definition) is 2. The number of nitrogens with zero attached hydrogens (tertiary/aromatic N) is 3. The summed E-state index contributed by atoms with van der Waals surface area (Å²) in [5, 5.41) is 3.39. The lowest BCUT2D eigenvalue weighted by Gasteiger charge is -2.29. The Hall–Kier alpha value is -1.36. The van der Waals surface area contributed by atoms with Gasteiger partial charge >= 0.3 is 0 Å². The van der Waals surface area contributed by atoms with Crippen LogP contribution in [0.2, 0.25) is 0 Å². The number of aryl methyl sites for hydroxylation is 1. The number of piperidine rings is 1. The Bertz CT molecular complexity index is 424. The van der Waals surface area contributed by atoms with Crippen molar-refractivity contribution in [3.63, 3.8) is 0 Å². The van der Waals surface area contributed by atoms with E-state index < -0.39 is 0 Å². The molecule has 0 aliphatic carbocycles. The van der Waals surface area contributed by atoms with Crippen molar-refractivity contribution in [2.24, 2.45) is 5.73 Å². The molecular formula is C14H25N5. The molecule has 1 fully saturated rings. The van der Waals surface area contributed by atoms with E-state index in [1.807, 2.05) is 13.0 Å². The second-order valence-electron chi connectivity index (χ2n) is 5.92. The maximum atomic E-state index is 5.76. The SMILES string of the molecule is Cc1nc(NC(C)(C)CN)cc(N2CCCCC2)n1. The average molecular weight is 263 g/mol. The molecule has 5 heteroatoms. The third-order valence-electron chi connectivity index (χ3n) is 3.48. The molecule has 1 aromatic heterocycles. The Morgan fingerprint density at radius 3 is 2.58 bits per heavy atom. The summed E-state index contributed by atoms with van der Waals surface area (Å²) < 4.78 is 0. The largest absolute Gasteiger partial charge is 0.364 e. The van der Waals surface area contributed by atoms with Gasteiger partial charge in [-0.05, 0) is 40.0 Å². The van der Waals surface area contributed by atoms with Crippen molar-refractivity contribution in [3.05, 3.63) is 11.9 Å². The maximum absolute atomic E-state index is 5.76. The molecule has 0 radical (unpaired) electrons. The van der Waals surface area contributed by atoms with Gasteiger partial charge in [0.25, 0.3) is 0 Å². The first-order valence-electron chi connectivity index (χ1n) is 7.09. The van der Waals surface area contributed by atoms with E-state index in [0.717, 1.165) is 30.5 Å². The van der Waals surface area contributed by atoms with Crippen molar-refractivity contribution in [1.82, 2.24) is 9.97 Å². The number of anilines is 2. The second-order valence-corrected chi connectivity index (χ2v) is 5.92. The molecule has 0 amide bonds. The van der Waals surface area contributed by atoms with Crippen molar-refractivity contribution in [2.45, 2.75) is 45.6 Å². The van der Waals surface area contributed by atoms with Crippen LogP contribution in [0.4, 0.5) is 11.6 Å². The molecular weight excluding hydrogens is 238 g/mol. The highest BCUT2D eigenvalue weighted by Crippen LogP contribution is 2.21. The third-order valence-corrected chi connectivity index (χ3v) is 3.48. The predicted octanol–water partition coefficient (Wildman–Crippen LogP) is 1.92. The Kier molecular flexibility index (Phi) is 4.24. The Morgan fingerprint density at radius 2 is 1.95 bits per heavy atom. The van der Waals surface area contributed by atoms with Crippen molar-refractivity contribution in [1.29, 1.82) is 0 Å². The lowest BCUT2D eigenvalue weighted by Crippen LogP contribution is -2.39. The summed E-state index contributed by atoms with van der Waals surface area (Å²) in [6, 6.07) is 2.04. The van der Waals surface area contributed by atoms with Crippen molar-refractivity contribution >= 4 is 11.6 Å². The molecule has 1 aromatic rings. The van der Waals surface area contributed by atoms with Gasteiger partial charge < -0.3 is 16.0 Å². The van der Waals surface area contributed by atoms with Crippen molar-refractivity contribution in [3.8, 4) is 0 Å². The molecule has 1 saturated heterocycles. The molecule has 2 heterocycles. The molecule has 5 nitrogen and oxygen atoms in total. The monoisotopic (exact) mass is 263 g/mol. The van der Waals surface area contributed by atoms with Crippen molar-refractivity contribution in [2.75, 3.05) is 29.9 Å². The van der Waals surface area contributed by atoms with Crippen LogP contribution in [-0.4, -0.2) is 35.1 Å². The zero-order valence-electron chi connectivity index (χ0n) is 12.2. The number of rotatable bonds is 4. The summed E-state index contributed by atoms with van der Waals surface area (Å²) in [4.78, 5) is 11.4. The topological polar surface area (TPSA) is 67.1 Å². The Labute approximate surface area is 115 Å². The van der Waals surface area contributed by atoms with Gasteiger partial charge in [-0.15, -0.1) is 0 Å². The second kappa shape index (κ2) is 5.74. The first-order valence-corrected chi connectivity index (χ1v) is 7.09. The van der Waals surface area contributed by atoms with Gasteiger partial charge in [-0.25, -0.2) is 9.97 Å². The van der Waals surface area contributed by atoms with Gasteiger partial charge in [0.2, 0.25) is 0 Å². The summed E-state index contributed by atoms with van der Waals surface area (Å²) in [7, 11) is 0. The molecule has 3 N–H and O–H groups in total. The van der Waals surface area contributed by atoms with Gasteiger partial charge in [0, 0.05) is 31.2 Å². The van der Waals surface area contributed by atoms with Crippen LogP contribution in [0, 0.1) is 6.92 Å². The summed E-state index contributed by atoms with van der Waals surface area (Å²) in [5.74, 6) is 2.70. The van der Waals surface area contributed by atoms with Gasteiger partial charge in [-0.3, -0.25) is 0 Å². The molecule has 0 bridgehead atoms. The summed E-state index contributed by atoms with van der Waals surface area (Å²) in [6.45, 7) is 8.84. The van der Waals surface area contributed by atoms with E-state index in [9.17, 15) is 0 Å². The van der Waals surface area contributed by atoms with Crippen LogP contribution in [0.3, 0.4) is 0 Å². The molecule has 0 spiro atoms. The number of aromatic nitrogens is 2. The molecule has 2 rings (SSSR count). The van der Waals surface area contributed by atoms with Crippen LogP contribution in [-0.2, 0) is 0 Å². The molecule has 1 aliphatic heterocycles. The van der Waals surface area contributed by atoms with Crippen LogP contribution in [0.5, 0.6) is 0 Å². The lowest BCUT2D eigenvalue weighted by molar-refractivity contribution is 0.568. The van der Waals surface area contributed by atoms with Crippen LogP contribution >= 0.6 is 0 Å². The molecule has 0 unspecified atom stereocenters. The normalized spacial score (nSPS) is 16.5. The molecule has 106 valence electrons. The minimum absolute atomic E-state index is 0.153. The summed E-state index contributed by atoms with van der Waals surface area (Å²) in [5.41, 5.74) is 5.60. The highest BCUT2D eigenvalue weighted by Gasteiger charge is 2.18. The van der Waals surface area contributed by atoms with E-state index in [0.29, 0.717) is 6.54 Å². The summed E-state index contributed by atoms with van der Waals surface area (Å²) >= 11 is 0. The fraction of sp³-hybridized carbons (Fsp3) is 0.714. The van der Waals surface area contributed by atoms with Crippen LogP contribution in [0.25, 0.3) is 0 Å². The first-order chi connectivity index (χ1) is 9.00. The van der Waals surface area contributed by atoms with Gasteiger partial charge in [0.15, 0.2) is 0 Å². The fourth-order valence-corrected chi connectivity index (χ4v) is 2.30. The smallest absolute Gasteiger partial charge is 0.134 e. The number of hydrogen-bond acceptors (Lipinski definition) is 5. The van der Waals surface area contributed by atoms with E-state index in [1.54, 1.807) is 0 Å². The Morgan fingerprint density at radius 1 is 1.26 bits per heavy atom. The minimum Gasteiger partial charge on any atom is -0.364 e. The van der Waals surface area contributed by atoms with Crippen LogP contribution < -0.4 is 16.0 Å². The Balaban J connectivity index is 2.19. The predicted molar refractivity (Wildman–Crippen MR) is 79.6 cm³/mol. The van der Waals surface area contributed by atoms with Gasteiger partial charge in [-0.1, -0.05) is 0 Å². The average Bonchev–Trinajstić information content (AvgIpc) is 2.38. The van der Waals surface area contributed by atoms with E-state index >= 15 is 0 Å². The van der Waals surface area contributed by atoms with Crippen LogP contribution in [0.15, 0.2) is 6.07 Å². The third kappa shape index (κ3) is 3.80. The molecule has 0 aromatic carbocycles. The molecule has 19 heavy (non-hydrogen) atoms. The molecule has 0 saturated carbocycles. The summed E-state index contributed by atoms with van der Waals surface area (Å²) in [6.07, 6.45) is 3.83. The van der Waals surface area contributed by atoms with Crippen LogP contribution in [0.1, 0.15) is 38.9 Å². The number of nitrogens with one attached hydrogen (secondary N) is 1. The zero-order chi connectivity index (χ0) is 13.9. The standard InChI is InChI=1S/C14H25N5/c1-11-16-12(18-14(2,3)10-15)9-13(17-11)19-7-5-4-6-8-19/h9H,4-8,10,15H2,1-3H3,(H,16,17,18). The maximum Gasteiger partial charge on any atom is 0.134 e. The van der Waals surface area contributed by atoms with Crippen molar-refractivity contribution < 1.29 is 0 Å². The zero-order valence-corrected chi connectivity index (χ0v) is 12.2. The van der Waals surface area contributed by atoms with Gasteiger partial charge in [0.05, 0.1) is 0 Å².